The molecule has 2 aromatic heterocycles. The molecule has 0 aliphatic heterocycles. The van der Waals surface area contributed by atoms with Crippen molar-refractivity contribution in [2.45, 2.75) is 56.0 Å². The fraction of sp³-hybridized carbons (Fsp3) is 0.571. The molecular weight excluding hydrogens is 468 g/mol. The lowest BCUT2D eigenvalue weighted by molar-refractivity contribution is -0.0450. The number of anilines is 1. The van der Waals surface area contributed by atoms with Crippen LogP contribution in [0.1, 0.15) is 55.4 Å². The van der Waals surface area contributed by atoms with Crippen LogP contribution < -0.4 is 20.3 Å². The molecule has 6 rings (SSSR count). The predicted octanol–water partition coefficient (Wildman–Crippen LogP) is 3.47. The maximum atomic E-state index is 13.1. The van der Waals surface area contributed by atoms with E-state index < -0.39 is 6.09 Å². The van der Waals surface area contributed by atoms with Gasteiger partial charge in [0.25, 0.3) is 5.91 Å². The first-order valence-electron chi connectivity index (χ1n) is 13.3. The SMILES string of the molecule is CN(C)CCCN(C)c1cccc(OC(=O)NC23CC4CC(C2)CC(NC(=O)c2ccccn2)(C4)C3)n1. The zero-order chi connectivity index (χ0) is 26.0. The molecule has 2 amide bonds. The molecule has 4 bridgehead atoms. The van der Waals surface area contributed by atoms with E-state index in [9.17, 15) is 9.59 Å². The Bertz CT molecular complexity index is 1110. The summed E-state index contributed by atoms with van der Waals surface area (Å²) in [6.45, 7) is 1.86. The van der Waals surface area contributed by atoms with Crippen LogP contribution in [0.25, 0.3) is 0 Å². The molecule has 2 N–H and O–H groups in total. The standard InChI is InChI=1S/C28H38N6O3/c1-33(2)12-7-13-34(3)23-9-6-10-24(30-23)37-26(36)32-28-17-20-14-21(18-28)16-27(15-20,19-28)31-25(35)22-8-4-5-11-29-22/h4-6,8-11,20-21H,7,12-19H2,1-3H3,(H,31,35)(H,32,36). The lowest BCUT2D eigenvalue weighted by Crippen LogP contribution is -2.70. The zero-order valence-corrected chi connectivity index (χ0v) is 22.1. The van der Waals surface area contributed by atoms with Crippen LogP contribution in [0.3, 0.4) is 0 Å². The lowest BCUT2D eigenvalue weighted by Gasteiger charge is -2.61. The van der Waals surface area contributed by atoms with Gasteiger partial charge in [0.15, 0.2) is 0 Å². The summed E-state index contributed by atoms with van der Waals surface area (Å²) in [5, 5.41) is 6.54. The molecule has 4 aliphatic carbocycles. The van der Waals surface area contributed by atoms with E-state index in [-0.39, 0.29) is 22.9 Å². The molecule has 9 heteroatoms. The van der Waals surface area contributed by atoms with Crippen molar-refractivity contribution < 1.29 is 14.3 Å². The van der Waals surface area contributed by atoms with Gasteiger partial charge in [-0.25, -0.2) is 4.79 Å². The van der Waals surface area contributed by atoms with Crippen LogP contribution in [0.15, 0.2) is 42.6 Å². The number of nitrogens with one attached hydrogen (secondary N) is 2. The molecule has 4 aliphatic rings. The van der Waals surface area contributed by atoms with Crippen molar-refractivity contribution in [3.63, 3.8) is 0 Å². The van der Waals surface area contributed by atoms with Crippen molar-refractivity contribution >= 4 is 17.8 Å². The highest BCUT2D eigenvalue weighted by Gasteiger charge is 2.59. The molecule has 4 saturated carbocycles. The fourth-order valence-electron chi connectivity index (χ4n) is 7.11. The number of ether oxygens (including phenoxy) is 1. The van der Waals surface area contributed by atoms with Crippen molar-refractivity contribution in [3.05, 3.63) is 48.3 Å². The summed E-state index contributed by atoms with van der Waals surface area (Å²) in [5.74, 6) is 1.87. The minimum atomic E-state index is -0.479. The highest BCUT2D eigenvalue weighted by Crippen LogP contribution is 2.57. The van der Waals surface area contributed by atoms with Crippen molar-refractivity contribution in [1.82, 2.24) is 25.5 Å². The summed E-state index contributed by atoms with van der Waals surface area (Å²) in [6, 6.07) is 10.9. The second-order valence-corrected chi connectivity index (χ2v) is 11.6. The normalized spacial score (nSPS) is 27.7. The summed E-state index contributed by atoms with van der Waals surface area (Å²) in [6.07, 6.45) is 7.77. The fourth-order valence-corrected chi connectivity index (χ4v) is 7.11. The van der Waals surface area contributed by atoms with Crippen LogP contribution in [0, 0.1) is 11.8 Å². The van der Waals surface area contributed by atoms with Gasteiger partial charge < -0.3 is 25.2 Å². The van der Waals surface area contributed by atoms with Gasteiger partial charge in [0, 0.05) is 36.9 Å². The van der Waals surface area contributed by atoms with Crippen molar-refractivity contribution in [2.24, 2.45) is 11.8 Å². The van der Waals surface area contributed by atoms with Crippen LogP contribution in [-0.4, -0.2) is 72.2 Å². The quantitative estimate of drug-likeness (QED) is 0.537. The Morgan fingerprint density at radius 2 is 1.70 bits per heavy atom. The third-order valence-corrected chi connectivity index (χ3v) is 8.10. The molecule has 0 aromatic carbocycles. The number of carbonyl (C=O) groups excluding carboxylic acids is 2. The van der Waals surface area contributed by atoms with Crippen LogP contribution in [0.4, 0.5) is 10.6 Å². The molecule has 198 valence electrons. The average molecular weight is 507 g/mol. The maximum Gasteiger partial charge on any atom is 0.414 e. The topological polar surface area (TPSA) is 99.7 Å². The second kappa shape index (κ2) is 10.3. The molecule has 9 nitrogen and oxygen atoms in total. The number of rotatable bonds is 9. The van der Waals surface area contributed by atoms with Gasteiger partial charge in [0.1, 0.15) is 11.5 Å². The largest absolute Gasteiger partial charge is 0.414 e. The van der Waals surface area contributed by atoms with E-state index in [2.05, 4.69) is 44.5 Å². The van der Waals surface area contributed by atoms with Gasteiger partial charge in [0.05, 0.1) is 0 Å². The number of aromatic nitrogens is 2. The number of hydrogen-bond donors (Lipinski definition) is 2. The van der Waals surface area contributed by atoms with Crippen LogP contribution in [-0.2, 0) is 0 Å². The first kappa shape index (κ1) is 25.4. The van der Waals surface area contributed by atoms with E-state index in [1.165, 1.54) is 0 Å². The molecule has 0 saturated heterocycles. The molecular formula is C28H38N6O3. The van der Waals surface area contributed by atoms with Gasteiger partial charge in [-0.05, 0) is 95.6 Å². The van der Waals surface area contributed by atoms with E-state index in [0.29, 0.717) is 24.0 Å². The summed E-state index contributed by atoms with van der Waals surface area (Å²) in [7, 11) is 6.12. The minimum absolute atomic E-state index is 0.143. The highest BCUT2D eigenvalue weighted by molar-refractivity contribution is 5.92. The van der Waals surface area contributed by atoms with E-state index >= 15 is 0 Å². The number of nitrogens with zero attached hydrogens (tertiary/aromatic N) is 4. The smallest absolute Gasteiger partial charge is 0.391 e. The average Bonchev–Trinajstić information content (AvgIpc) is 2.83. The summed E-state index contributed by atoms with van der Waals surface area (Å²) < 4.78 is 5.68. The van der Waals surface area contributed by atoms with Crippen LogP contribution in [0.2, 0.25) is 0 Å². The Kier molecular flexibility index (Phi) is 7.07. The number of pyridine rings is 2. The molecule has 0 radical (unpaired) electrons. The molecule has 4 fully saturated rings. The Balaban J connectivity index is 1.23. The van der Waals surface area contributed by atoms with Crippen molar-refractivity contribution in [1.29, 1.82) is 0 Å². The number of hydrogen-bond acceptors (Lipinski definition) is 7. The van der Waals surface area contributed by atoms with Gasteiger partial charge in [-0.2, -0.15) is 4.98 Å². The Labute approximate surface area is 219 Å². The Morgan fingerprint density at radius 3 is 2.38 bits per heavy atom. The molecule has 2 aromatic rings. The third-order valence-electron chi connectivity index (χ3n) is 8.10. The summed E-state index contributed by atoms with van der Waals surface area (Å²) in [5.41, 5.74) is -0.268. The van der Waals surface area contributed by atoms with E-state index in [1.807, 2.05) is 25.2 Å². The first-order valence-corrected chi connectivity index (χ1v) is 13.3. The second-order valence-electron chi connectivity index (χ2n) is 11.6. The molecule has 2 heterocycles. The summed E-state index contributed by atoms with van der Waals surface area (Å²) >= 11 is 0. The number of carbonyl (C=O) groups is 2. The van der Waals surface area contributed by atoms with Crippen molar-refractivity contribution in [2.75, 3.05) is 39.1 Å². The van der Waals surface area contributed by atoms with Crippen LogP contribution >= 0.6 is 0 Å². The Morgan fingerprint density at radius 1 is 0.973 bits per heavy atom. The Hall–Kier alpha value is -3.20. The maximum absolute atomic E-state index is 13.1. The van der Waals surface area contributed by atoms with E-state index in [0.717, 1.165) is 57.4 Å². The highest BCUT2D eigenvalue weighted by atomic mass is 16.6. The number of amides is 2. The van der Waals surface area contributed by atoms with Crippen LogP contribution in [0.5, 0.6) is 5.88 Å². The lowest BCUT2D eigenvalue weighted by atomic mass is 9.50. The van der Waals surface area contributed by atoms with Gasteiger partial charge in [-0.1, -0.05) is 12.1 Å². The summed E-state index contributed by atoms with van der Waals surface area (Å²) in [4.78, 5) is 39.1. The van der Waals surface area contributed by atoms with Gasteiger partial charge in [-0.3, -0.25) is 9.78 Å². The minimum Gasteiger partial charge on any atom is -0.391 e. The molecule has 0 spiro atoms. The first-order chi connectivity index (χ1) is 17.7. The molecule has 2 atom stereocenters. The van der Waals surface area contributed by atoms with E-state index in [1.54, 1.807) is 24.4 Å². The van der Waals surface area contributed by atoms with Gasteiger partial charge in [0.2, 0.25) is 5.88 Å². The zero-order valence-electron chi connectivity index (χ0n) is 22.1. The van der Waals surface area contributed by atoms with Gasteiger partial charge >= 0.3 is 6.09 Å². The molecule has 2 unspecified atom stereocenters. The predicted molar refractivity (Wildman–Crippen MR) is 142 cm³/mol. The van der Waals surface area contributed by atoms with E-state index in [4.69, 9.17) is 4.74 Å². The third kappa shape index (κ3) is 5.87. The van der Waals surface area contributed by atoms with Crippen molar-refractivity contribution in [3.8, 4) is 5.88 Å². The van der Waals surface area contributed by atoms with Gasteiger partial charge in [-0.15, -0.1) is 0 Å². The molecule has 37 heavy (non-hydrogen) atoms. The monoisotopic (exact) mass is 506 g/mol.